The summed E-state index contributed by atoms with van der Waals surface area (Å²) in [4.78, 5) is 21.8. The molecule has 2 rings (SSSR count). The molecule has 0 aromatic rings. The molecule has 0 aromatic heterocycles. The summed E-state index contributed by atoms with van der Waals surface area (Å²) in [5.74, 6) is -1.03. The van der Waals surface area contributed by atoms with Crippen molar-refractivity contribution in [3.05, 3.63) is 11.6 Å². The van der Waals surface area contributed by atoms with Crippen molar-refractivity contribution in [3.63, 3.8) is 0 Å². The van der Waals surface area contributed by atoms with Gasteiger partial charge in [-0.15, -0.1) is 0 Å². The van der Waals surface area contributed by atoms with Gasteiger partial charge in [0.15, 0.2) is 0 Å². The van der Waals surface area contributed by atoms with Crippen molar-refractivity contribution in [3.8, 4) is 0 Å². The van der Waals surface area contributed by atoms with E-state index in [1.165, 1.54) is 0 Å². The Hall–Kier alpha value is -1.12. The van der Waals surface area contributed by atoms with Crippen LogP contribution in [0.3, 0.4) is 0 Å². The largest absolute Gasteiger partial charge is 0.389 e. The van der Waals surface area contributed by atoms with Crippen molar-refractivity contribution in [2.24, 2.45) is 5.92 Å². The Labute approximate surface area is 64.0 Å². The molecule has 11 heavy (non-hydrogen) atoms. The zero-order valence-electron chi connectivity index (χ0n) is 6.00. The standard InChI is InChI=1S/C8H8O3/c9-7-5-3-1-2-4-6(5)8(10)11-7/h3,6H,1-2,4H2. The Bertz CT molecular complexity index is 252. The fourth-order valence-corrected chi connectivity index (χ4v) is 1.57. The first kappa shape index (κ1) is 6.58. The van der Waals surface area contributed by atoms with E-state index in [0.717, 1.165) is 19.3 Å². The smallest absolute Gasteiger partial charge is 0.342 e. The second kappa shape index (κ2) is 2.19. The molecule has 1 atom stereocenters. The number of carbonyl (C=O) groups is 2. The van der Waals surface area contributed by atoms with Crippen LogP contribution in [0.25, 0.3) is 0 Å². The van der Waals surface area contributed by atoms with Crippen LogP contribution in [-0.4, -0.2) is 11.9 Å². The molecule has 2 aliphatic rings. The van der Waals surface area contributed by atoms with Crippen LogP contribution in [0, 0.1) is 5.92 Å². The normalized spacial score (nSPS) is 29.5. The molecular formula is C8H8O3. The predicted molar refractivity (Wildman–Crippen MR) is 36.5 cm³/mol. The highest BCUT2D eigenvalue weighted by Gasteiger charge is 2.39. The minimum Gasteiger partial charge on any atom is -0.389 e. The topological polar surface area (TPSA) is 43.4 Å². The van der Waals surface area contributed by atoms with Gasteiger partial charge in [-0.1, -0.05) is 6.08 Å². The Kier molecular flexibility index (Phi) is 1.31. The average Bonchev–Trinajstić information content (AvgIpc) is 2.30. The predicted octanol–water partition coefficient (Wildman–Crippen LogP) is 0.796. The van der Waals surface area contributed by atoms with Crippen molar-refractivity contribution in [1.29, 1.82) is 0 Å². The number of ether oxygens (including phenoxy) is 1. The Morgan fingerprint density at radius 2 is 2.27 bits per heavy atom. The van der Waals surface area contributed by atoms with Gasteiger partial charge in [0.1, 0.15) is 0 Å². The van der Waals surface area contributed by atoms with Crippen LogP contribution in [0.1, 0.15) is 19.3 Å². The minimum absolute atomic E-state index is 0.240. The quantitative estimate of drug-likeness (QED) is 0.381. The van der Waals surface area contributed by atoms with E-state index < -0.39 is 5.97 Å². The first-order valence-corrected chi connectivity index (χ1v) is 3.75. The molecule has 0 bridgehead atoms. The molecule has 1 heterocycles. The molecule has 1 saturated heterocycles. The molecule has 0 aromatic carbocycles. The van der Waals surface area contributed by atoms with E-state index in [1.54, 1.807) is 0 Å². The fourth-order valence-electron chi connectivity index (χ4n) is 1.57. The van der Waals surface area contributed by atoms with Crippen molar-refractivity contribution in [2.75, 3.05) is 0 Å². The third kappa shape index (κ3) is 0.878. The van der Waals surface area contributed by atoms with E-state index >= 15 is 0 Å². The van der Waals surface area contributed by atoms with Crippen LogP contribution in [0.5, 0.6) is 0 Å². The van der Waals surface area contributed by atoms with Crippen LogP contribution in [0.2, 0.25) is 0 Å². The van der Waals surface area contributed by atoms with Gasteiger partial charge in [0.2, 0.25) is 0 Å². The molecule has 58 valence electrons. The summed E-state index contributed by atoms with van der Waals surface area (Å²) in [6, 6.07) is 0. The van der Waals surface area contributed by atoms with E-state index in [2.05, 4.69) is 4.74 Å². The molecule has 0 amide bonds. The second-order valence-electron chi connectivity index (χ2n) is 2.85. The lowest BCUT2D eigenvalue weighted by Crippen LogP contribution is -2.11. The molecule has 0 saturated carbocycles. The van der Waals surface area contributed by atoms with Gasteiger partial charge in [0, 0.05) is 5.57 Å². The number of esters is 2. The van der Waals surface area contributed by atoms with Gasteiger partial charge >= 0.3 is 11.9 Å². The Morgan fingerprint density at radius 3 is 3.00 bits per heavy atom. The first-order valence-electron chi connectivity index (χ1n) is 3.75. The zero-order chi connectivity index (χ0) is 7.84. The maximum absolute atomic E-state index is 10.9. The molecule has 1 fully saturated rings. The SMILES string of the molecule is O=C1OC(=O)C2CCCC=C12. The second-order valence-corrected chi connectivity index (χ2v) is 2.85. The van der Waals surface area contributed by atoms with Gasteiger partial charge in [-0.25, -0.2) is 4.79 Å². The van der Waals surface area contributed by atoms with E-state index in [-0.39, 0.29) is 11.9 Å². The number of hydrogen-bond acceptors (Lipinski definition) is 3. The van der Waals surface area contributed by atoms with Crippen molar-refractivity contribution in [2.45, 2.75) is 19.3 Å². The Morgan fingerprint density at radius 1 is 1.45 bits per heavy atom. The molecule has 0 radical (unpaired) electrons. The molecule has 0 N–H and O–H groups in total. The Balaban J connectivity index is 2.36. The maximum Gasteiger partial charge on any atom is 0.342 e. The van der Waals surface area contributed by atoms with Gasteiger partial charge in [0.25, 0.3) is 0 Å². The highest BCUT2D eigenvalue weighted by molar-refractivity contribution is 6.07. The summed E-state index contributed by atoms with van der Waals surface area (Å²) >= 11 is 0. The summed E-state index contributed by atoms with van der Waals surface area (Å²) < 4.78 is 4.46. The fraction of sp³-hybridized carbons (Fsp3) is 0.500. The van der Waals surface area contributed by atoms with E-state index in [4.69, 9.17) is 0 Å². The van der Waals surface area contributed by atoms with Crippen molar-refractivity contribution in [1.82, 2.24) is 0 Å². The van der Waals surface area contributed by atoms with Crippen LogP contribution < -0.4 is 0 Å². The van der Waals surface area contributed by atoms with Crippen LogP contribution in [0.4, 0.5) is 0 Å². The number of fused-ring (bicyclic) bond motifs is 1. The van der Waals surface area contributed by atoms with Crippen molar-refractivity contribution < 1.29 is 14.3 Å². The number of cyclic esters (lactones) is 2. The van der Waals surface area contributed by atoms with Gasteiger partial charge in [-0.3, -0.25) is 4.79 Å². The summed E-state index contributed by atoms with van der Waals surface area (Å²) in [5, 5.41) is 0. The highest BCUT2D eigenvalue weighted by Crippen LogP contribution is 2.31. The number of hydrogen-bond donors (Lipinski definition) is 0. The average molecular weight is 152 g/mol. The molecule has 3 heteroatoms. The monoisotopic (exact) mass is 152 g/mol. The molecular weight excluding hydrogens is 144 g/mol. The van der Waals surface area contributed by atoms with E-state index in [0.29, 0.717) is 5.57 Å². The maximum atomic E-state index is 10.9. The third-order valence-electron chi connectivity index (χ3n) is 2.15. The van der Waals surface area contributed by atoms with Gasteiger partial charge in [0.05, 0.1) is 5.92 Å². The minimum atomic E-state index is -0.431. The van der Waals surface area contributed by atoms with E-state index in [9.17, 15) is 9.59 Å². The molecule has 1 unspecified atom stereocenters. The van der Waals surface area contributed by atoms with Gasteiger partial charge in [-0.2, -0.15) is 0 Å². The molecule has 3 nitrogen and oxygen atoms in total. The summed E-state index contributed by atoms with van der Waals surface area (Å²) in [6.07, 6.45) is 4.47. The van der Waals surface area contributed by atoms with Crippen LogP contribution in [-0.2, 0) is 14.3 Å². The highest BCUT2D eigenvalue weighted by atomic mass is 16.6. The van der Waals surface area contributed by atoms with Crippen LogP contribution in [0.15, 0.2) is 11.6 Å². The van der Waals surface area contributed by atoms with Gasteiger partial charge in [-0.05, 0) is 19.3 Å². The summed E-state index contributed by atoms with van der Waals surface area (Å²) in [5.41, 5.74) is 0.584. The summed E-state index contributed by atoms with van der Waals surface area (Å²) in [6.45, 7) is 0. The third-order valence-corrected chi connectivity index (χ3v) is 2.15. The lowest BCUT2D eigenvalue weighted by atomic mass is 9.90. The number of allylic oxidation sites excluding steroid dienone is 1. The summed E-state index contributed by atoms with van der Waals surface area (Å²) in [7, 11) is 0. The van der Waals surface area contributed by atoms with E-state index in [1.807, 2.05) is 6.08 Å². The molecule has 1 aliphatic carbocycles. The molecule has 0 spiro atoms. The zero-order valence-corrected chi connectivity index (χ0v) is 6.00. The lowest BCUT2D eigenvalue weighted by molar-refractivity contribution is -0.152. The number of carbonyl (C=O) groups excluding carboxylic acids is 2. The first-order chi connectivity index (χ1) is 5.29. The van der Waals surface area contributed by atoms with Crippen LogP contribution >= 0.6 is 0 Å². The molecule has 1 aliphatic heterocycles. The lowest BCUT2D eigenvalue weighted by Gasteiger charge is -2.09. The van der Waals surface area contributed by atoms with Gasteiger partial charge < -0.3 is 4.74 Å². The number of rotatable bonds is 0. The van der Waals surface area contributed by atoms with Crippen molar-refractivity contribution >= 4 is 11.9 Å².